The number of carbonyl (C=O) groups excluding carboxylic acids is 1. The molecule has 2 saturated heterocycles. The molecule has 0 saturated carbocycles. The first kappa shape index (κ1) is 18.6. The molecule has 2 fully saturated rings. The number of benzene rings is 1. The molecule has 8 nitrogen and oxygen atoms in total. The molecule has 0 bridgehead atoms. The van der Waals surface area contributed by atoms with Gasteiger partial charge in [-0.2, -0.15) is 8.42 Å². The van der Waals surface area contributed by atoms with Gasteiger partial charge in [-0.15, -0.1) is 15.7 Å². The van der Waals surface area contributed by atoms with Crippen LogP contribution >= 0.6 is 11.3 Å². The Labute approximate surface area is 173 Å². The number of sulfonamides is 1. The van der Waals surface area contributed by atoms with Gasteiger partial charge in [0.05, 0.1) is 0 Å². The number of aromatic nitrogens is 1. The average molecular weight is 432 g/mol. The van der Waals surface area contributed by atoms with Gasteiger partial charge in [0.15, 0.2) is 11.0 Å². The molecule has 29 heavy (non-hydrogen) atoms. The first-order chi connectivity index (χ1) is 14.0. The quantitative estimate of drug-likeness (QED) is 0.715. The van der Waals surface area contributed by atoms with Gasteiger partial charge in [0.25, 0.3) is 10.0 Å². The molecule has 10 heteroatoms. The number of likely N-dealkylation sites (tertiary alicyclic amines) is 1. The maximum absolute atomic E-state index is 13.3. The van der Waals surface area contributed by atoms with Crippen molar-refractivity contribution < 1.29 is 13.2 Å². The Morgan fingerprint density at radius 1 is 1.10 bits per heavy atom. The van der Waals surface area contributed by atoms with E-state index >= 15 is 0 Å². The van der Waals surface area contributed by atoms with Crippen molar-refractivity contribution in [2.24, 2.45) is 4.40 Å². The molecule has 1 aromatic carbocycles. The fourth-order valence-corrected chi connectivity index (χ4v) is 6.19. The molecule has 3 aliphatic heterocycles. The van der Waals surface area contributed by atoms with Crippen LogP contribution in [0, 0.1) is 0 Å². The third kappa shape index (κ3) is 3.20. The molecule has 5 rings (SSSR count). The monoisotopic (exact) mass is 431 g/mol. The van der Waals surface area contributed by atoms with E-state index < -0.39 is 10.0 Å². The van der Waals surface area contributed by atoms with E-state index in [1.54, 1.807) is 41.8 Å². The van der Waals surface area contributed by atoms with Crippen LogP contribution in [0.2, 0.25) is 0 Å². The summed E-state index contributed by atoms with van der Waals surface area (Å²) in [5.74, 6) is 0.476. The summed E-state index contributed by atoms with van der Waals surface area (Å²) in [6.07, 6.45) is 3.35. The molecule has 2 aromatic rings. The van der Waals surface area contributed by atoms with E-state index in [-0.39, 0.29) is 16.8 Å². The Balaban J connectivity index is 1.34. The summed E-state index contributed by atoms with van der Waals surface area (Å²) in [5.41, 5.74) is 0.598. The summed E-state index contributed by atoms with van der Waals surface area (Å²) in [6, 6.07) is 6.49. The number of piperazine rings is 1. The van der Waals surface area contributed by atoms with Crippen LogP contribution in [0.1, 0.15) is 18.4 Å². The predicted molar refractivity (Wildman–Crippen MR) is 111 cm³/mol. The number of carbonyl (C=O) groups is 1. The average Bonchev–Trinajstić information content (AvgIpc) is 3.48. The van der Waals surface area contributed by atoms with Gasteiger partial charge in [-0.05, 0) is 25.0 Å². The number of amidine groups is 1. The van der Waals surface area contributed by atoms with Crippen molar-refractivity contribution in [1.29, 1.82) is 0 Å². The fourth-order valence-electron chi connectivity index (χ4n) is 4.27. The Morgan fingerprint density at radius 2 is 1.90 bits per heavy atom. The zero-order valence-electron chi connectivity index (χ0n) is 15.8. The summed E-state index contributed by atoms with van der Waals surface area (Å²) in [6.45, 7) is 3.43. The van der Waals surface area contributed by atoms with E-state index in [9.17, 15) is 13.2 Å². The molecular weight excluding hydrogens is 410 g/mol. The lowest BCUT2D eigenvalue weighted by Crippen LogP contribution is -2.54. The van der Waals surface area contributed by atoms with Crippen LogP contribution in [-0.2, 0) is 14.8 Å². The van der Waals surface area contributed by atoms with Crippen molar-refractivity contribution in [2.75, 3.05) is 37.6 Å². The van der Waals surface area contributed by atoms with E-state index in [4.69, 9.17) is 0 Å². The van der Waals surface area contributed by atoms with Crippen LogP contribution in [0.4, 0.5) is 5.13 Å². The molecule has 0 unspecified atom stereocenters. The molecule has 1 amide bonds. The Hall–Kier alpha value is -2.46. The highest BCUT2D eigenvalue weighted by Crippen LogP contribution is 2.32. The number of hydrogen-bond donors (Lipinski definition) is 0. The summed E-state index contributed by atoms with van der Waals surface area (Å²) >= 11 is 1.61. The maximum Gasteiger partial charge on any atom is 0.285 e. The highest BCUT2D eigenvalue weighted by Gasteiger charge is 2.41. The van der Waals surface area contributed by atoms with E-state index in [0.717, 1.165) is 24.6 Å². The van der Waals surface area contributed by atoms with Crippen molar-refractivity contribution in [3.05, 3.63) is 41.4 Å². The van der Waals surface area contributed by atoms with Crippen molar-refractivity contribution in [2.45, 2.75) is 23.8 Å². The summed E-state index contributed by atoms with van der Waals surface area (Å²) in [4.78, 5) is 23.8. The topological polar surface area (TPSA) is 86.2 Å². The minimum absolute atomic E-state index is 0.0609. The maximum atomic E-state index is 13.3. The van der Waals surface area contributed by atoms with Gasteiger partial charge >= 0.3 is 0 Å². The lowest BCUT2D eigenvalue weighted by atomic mass is 10.1. The van der Waals surface area contributed by atoms with E-state index in [2.05, 4.69) is 14.3 Å². The van der Waals surface area contributed by atoms with Gasteiger partial charge in [-0.3, -0.25) is 4.79 Å². The van der Waals surface area contributed by atoms with E-state index in [1.165, 1.54) is 0 Å². The summed E-state index contributed by atoms with van der Waals surface area (Å²) in [5, 5.41) is 2.94. The number of amides is 1. The summed E-state index contributed by atoms with van der Waals surface area (Å²) < 4.78 is 28.9. The third-order valence-electron chi connectivity index (χ3n) is 5.70. The number of anilines is 1. The molecule has 3 aliphatic rings. The normalized spacial score (nSPS) is 23.2. The molecule has 0 spiro atoms. The number of nitrogens with zero attached hydrogens (tertiary/aromatic N) is 5. The smallest absolute Gasteiger partial charge is 0.285 e. The van der Waals surface area contributed by atoms with Crippen molar-refractivity contribution >= 4 is 38.2 Å². The molecule has 1 aromatic heterocycles. The second kappa shape index (κ2) is 7.10. The van der Waals surface area contributed by atoms with Gasteiger partial charge in [-0.25, -0.2) is 4.98 Å². The molecule has 0 aliphatic carbocycles. The minimum atomic E-state index is -3.69. The molecule has 1 atom stereocenters. The van der Waals surface area contributed by atoms with Crippen LogP contribution in [-0.4, -0.2) is 73.7 Å². The number of thiazole rings is 1. The first-order valence-corrected chi connectivity index (χ1v) is 12.0. The third-order valence-corrected chi connectivity index (χ3v) is 7.86. The van der Waals surface area contributed by atoms with Crippen LogP contribution < -0.4 is 4.90 Å². The van der Waals surface area contributed by atoms with Crippen molar-refractivity contribution in [1.82, 2.24) is 14.8 Å². The highest BCUT2D eigenvalue weighted by molar-refractivity contribution is 7.90. The Bertz CT molecular complexity index is 1060. The van der Waals surface area contributed by atoms with Gasteiger partial charge in [0.1, 0.15) is 10.9 Å². The van der Waals surface area contributed by atoms with Crippen LogP contribution in [0.5, 0.6) is 0 Å². The second-order valence-corrected chi connectivity index (χ2v) is 9.81. The highest BCUT2D eigenvalue weighted by atomic mass is 32.2. The van der Waals surface area contributed by atoms with Crippen LogP contribution in [0.25, 0.3) is 0 Å². The SMILES string of the molecule is O=C([C@@H]1CCCN1C1=NS(=O)(=O)c2ccccc21)N1CCN(c2nccs2)CC1. The number of fused-ring (bicyclic) bond motifs is 1. The first-order valence-electron chi connectivity index (χ1n) is 9.69. The predicted octanol–water partition coefficient (Wildman–Crippen LogP) is 1.41. The number of rotatable bonds is 2. The second-order valence-electron chi connectivity index (χ2n) is 7.36. The van der Waals surface area contributed by atoms with Gasteiger partial charge < -0.3 is 14.7 Å². The number of hydrogen-bond acceptors (Lipinski definition) is 7. The van der Waals surface area contributed by atoms with Crippen LogP contribution in [0.3, 0.4) is 0 Å². The zero-order chi connectivity index (χ0) is 20.0. The van der Waals surface area contributed by atoms with Crippen molar-refractivity contribution in [3.8, 4) is 0 Å². The standard InChI is InChI=1S/C19H21N5O3S2/c25-18(22-9-11-23(12-10-22)19-20-7-13-28-19)15-5-3-8-24(15)17-14-4-1-2-6-16(14)29(26,27)21-17/h1-2,4,6-7,13,15H,3,5,8-12H2/t15-/m0/s1. The lowest BCUT2D eigenvalue weighted by Gasteiger charge is -2.37. The zero-order valence-corrected chi connectivity index (χ0v) is 17.4. The van der Waals surface area contributed by atoms with E-state index in [0.29, 0.717) is 37.5 Å². The van der Waals surface area contributed by atoms with Gasteiger partial charge in [0, 0.05) is 49.9 Å². The summed E-state index contributed by atoms with van der Waals surface area (Å²) in [7, 11) is -3.69. The molecule has 152 valence electrons. The van der Waals surface area contributed by atoms with Gasteiger partial charge in [-0.1, -0.05) is 12.1 Å². The Kier molecular flexibility index (Phi) is 4.54. The molecular formula is C19H21N5O3S2. The Morgan fingerprint density at radius 3 is 2.66 bits per heavy atom. The molecule has 4 heterocycles. The van der Waals surface area contributed by atoms with Crippen LogP contribution in [0.15, 0.2) is 45.1 Å². The largest absolute Gasteiger partial charge is 0.345 e. The van der Waals surface area contributed by atoms with Gasteiger partial charge in [0.2, 0.25) is 5.91 Å². The van der Waals surface area contributed by atoms with E-state index in [1.807, 2.05) is 15.2 Å². The van der Waals surface area contributed by atoms with Crippen molar-refractivity contribution in [3.63, 3.8) is 0 Å². The molecule has 0 radical (unpaired) electrons. The minimum Gasteiger partial charge on any atom is -0.345 e. The fraction of sp³-hybridized carbons (Fsp3) is 0.421. The molecule has 0 N–H and O–H groups in total. The lowest BCUT2D eigenvalue weighted by molar-refractivity contribution is -0.135.